The Morgan fingerprint density at radius 1 is 1.20 bits per heavy atom. The number of piperidine rings is 1. The predicted octanol–water partition coefficient (Wildman–Crippen LogP) is 1.85. The van der Waals surface area contributed by atoms with Gasteiger partial charge in [-0.15, -0.1) is 0 Å². The largest absolute Gasteiger partial charge is 0.357 e. The molecule has 0 radical (unpaired) electrons. The summed E-state index contributed by atoms with van der Waals surface area (Å²) in [5.74, 6) is 1.83. The minimum Gasteiger partial charge on any atom is -0.357 e. The fourth-order valence-corrected chi connectivity index (χ4v) is 2.74. The van der Waals surface area contributed by atoms with Gasteiger partial charge in [0, 0.05) is 25.5 Å². The van der Waals surface area contributed by atoms with Gasteiger partial charge in [-0.3, -0.25) is 4.98 Å². The first-order valence-electron chi connectivity index (χ1n) is 7.40. The van der Waals surface area contributed by atoms with Crippen molar-refractivity contribution in [3.63, 3.8) is 0 Å². The third-order valence-corrected chi connectivity index (χ3v) is 3.94. The Morgan fingerprint density at radius 2 is 2.00 bits per heavy atom. The van der Waals surface area contributed by atoms with Gasteiger partial charge in [-0.25, -0.2) is 9.97 Å². The molecule has 1 N–H and O–H groups in total. The Labute approximate surface area is 119 Å². The first-order valence-corrected chi connectivity index (χ1v) is 7.40. The maximum absolute atomic E-state index is 4.62. The fraction of sp³-hybridized carbons (Fsp3) is 0.533. The summed E-state index contributed by atoms with van der Waals surface area (Å²) in [6.45, 7) is 6.52. The van der Waals surface area contributed by atoms with Gasteiger partial charge in [0.15, 0.2) is 5.65 Å². The van der Waals surface area contributed by atoms with E-state index in [0.717, 1.165) is 49.1 Å². The van der Waals surface area contributed by atoms with Gasteiger partial charge in [-0.05, 0) is 44.0 Å². The van der Waals surface area contributed by atoms with Crippen LogP contribution in [0.3, 0.4) is 0 Å². The van der Waals surface area contributed by atoms with Crippen LogP contribution in [0.5, 0.6) is 0 Å². The first-order chi connectivity index (χ1) is 9.86. The molecule has 20 heavy (non-hydrogen) atoms. The second-order valence-electron chi connectivity index (χ2n) is 5.31. The molecule has 0 aliphatic carbocycles. The number of hydrogen-bond acceptors (Lipinski definition) is 5. The molecule has 0 atom stereocenters. The number of nitrogens with one attached hydrogen (secondary N) is 1. The number of hydrogen-bond donors (Lipinski definition) is 1. The Balaban J connectivity index is 1.67. The van der Waals surface area contributed by atoms with Crippen molar-refractivity contribution >= 4 is 17.0 Å². The lowest BCUT2D eigenvalue weighted by molar-refractivity contribution is 0.385. The molecule has 0 amide bonds. The summed E-state index contributed by atoms with van der Waals surface area (Å²) in [4.78, 5) is 15.5. The lowest BCUT2D eigenvalue weighted by Crippen LogP contribution is -2.37. The molecule has 0 unspecified atom stereocenters. The number of aromatic nitrogens is 3. The Morgan fingerprint density at radius 3 is 2.80 bits per heavy atom. The van der Waals surface area contributed by atoms with Crippen LogP contribution in [0.1, 0.15) is 19.8 Å². The van der Waals surface area contributed by atoms with Crippen LogP contribution in [0, 0.1) is 5.92 Å². The molecule has 1 aliphatic rings. The van der Waals surface area contributed by atoms with E-state index in [1.165, 1.54) is 12.8 Å². The van der Waals surface area contributed by atoms with Crippen LogP contribution in [-0.4, -0.2) is 41.1 Å². The van der Waals surface area contributed by atoms with E-state index in [9.17, 15) is 0 Å². The molecule has 0 aromatic carbocycles. The van der Waals surface area contributed by atoms with Crippen LogP contribution < -0.4 is 10.2 Å². The molecule has 5 heteroatoms. The normalized spacial score (nSPS) is 16.8. The zero-order valence-corrected chi connectivity index (χ0v) is 11.9. The van der Waals surface area contributed by atoms with E-state index in [1.54, 1.807) is 12.4 Å². The quantitative estimate of drug-likeness (QED) is 0.919. The average Bonchev–Trinajstić information content (AvgIpc) is 2.53. The summed E-state index contributed by atoms with van der Waals surface area (Å²) >= 11 is 0. The molecular weight excluding hydrogens is 250 g/mol. The molecule has 1 aliphatic heterocycles. The summed E-state index contributed by atoms with van der Waals surface area (Å²) in [7, 11) is 0. The van der Waals surface area contributed by atoms with Crippen molar-refractivity contribution in [3.8, 4) is 0 Å². The van der Waals surface area contributed by atoms with Crippen LogP contribution in [0.4, 0.5) is 5.82 Å². The topological polar surface area (TPSA) is 53.9 Å². The van der Waals surface area contributed by atoms with Gasteiger partial charge in [-0.1, -0.05) is 6.92 Å². The zero-order valence-electron chi connectivity index (χ0n) is 11.9. The van der Waals surface area contributed by atoms with Gasteiger partial charge in [-0.2, -0.15) is 0 Å². The van der Waals surface area contributed by atoms with E-state index in [-0.39, 0.29) is 0 Å². The summed E-state index contributed by atoms with van der Waals surface area (Å²) < 4.78 is 0. The SMILES string of the molecule is CCNCC1CCN(c2ccc3nccnc3n2)CC1. The molecule has 5 nitrogen and oxygen atoms in total. The highest BCUT2D eigenvalue weighted by Crippen LogP contribution is 2.22. The number of nitrogens with zero attached hydrogens (tertiary/aromatic N) is 4. The van der Waals surface area contributed by atoms with Crippen LogP contribution in [0.25, 0.3) is 11.2 Å². The number of rotatable bonds is 4. The zero-order chi connectivity index (χ0) is 13.8. The highest BCUT2D eigenvalue weighted by molar-refractivity contribution is 5.71. The van der Waals surface area contributed by atoms with Crippen molar-refractivity contribution in [2.24, 2.45) is 5.92 Å². The second kappa shape index (κ2) is 6.13. The predicted molar refractivity (Wildman–Crippen MR) is 80.8 cm³/mol. The highest BCUT2D eigenvalue weighted by Gasteiger charge is 2.19. The van der Waals surface area contributed by atoms with Crippen LogP contribution in [0.15, 0.2) is 24.5 Å². The number of pyridine rings is 1. The Bertz CT molecular complexity index is 563. The molecular formula is C15H21N5. The molecule has 0 bridgehead atoms. The Hall–Kier alpha value is -1.75. The van der Waals surface area contributed by atoms with Crippen LogP contribution in [0.2, 0.25) is 0 Å². The third kappa shape index (κ3) is 2.88. The summed E-state index contributed by atoms with van der Waals surface area (Å²) in [6.07, 6.45) is 5.86. The van der Waals surface area contributed by atoms with E-state index in [0.29, 0.717) is 0 Å². The molecule has 0 spiro atoms. The molecule has 3 rings (SSSR count). The van der Waals surface area contributed by atoms with Gasteiger partial charge in [0.2, 0.25) is 0 Å². The fourth-order valence-electron chi connectivity index (χ4n) is 2.74. The van der Waals surface area contributed by atoms with Gasteiger partial charge < -0.3 is 10.2 Å². The molecule has 106 valence electrons. The summed E-state index contributed by atoms with van der Waals surface area (Å²) in [6, 6.07) is 4.07. The minimum absolute atomic E-state index is 0.736. The highest BCUT2D eigenvalue weighted by atomic mass is 15.2. The molecule has 1 saturated heterocycles. The van der Waals surface area contributed by atoms with E-state index in [1.807, 2.05) is 6.07 Å². The summed E-state index contributed by atoms with van der Waals surface area (Å²) in [5, 5.41) is 3.44. The molecule has 0 saturated carbocycles. The van der Waals surface area contributed by atoms with Gasteiger partial charge in [0.25, 0.3) is 0 Å². The van der Waals surface area contributed by atoms with Crippen molar-refractivity contribution in [1.82, 2.24) is 20.3 Å². The third-order valence-electron chi connectivity index (χ3n) is 3.94. The lowest BCUT2D eigenvalue weighted by atomic mass is 9.97. The molecule has 2 aromatic heterocycles. The first kappa shape index (κ1) is 13.2. The van der Waals surface area contributed by atoms with Crippen molar-refractivity contribution in [2.75, 3.05) is 31.1 Å². The second-order valence-corrected chi connectivity index (χ2v) is 5.31. The Kier molecular flexibility index (Phi) is 4.06. The van der Waals surface area contributed by atoms with Crippen molar-refractivity contribution < 1.29 is 0 Å². The monoisotopic (exact) mass is 271 g/mol. The minimum atomic E-state index is 0.736. The average molecular weight is 271 g/mol. The van der Waals surface area contributed by atoms with Crippen LogP contribution >= 0.6 is 0 Å². The van der Waals surface area contributed by atoms with Gasteiger partial charge >= 0.3 is 0 Å². The van der Waals surface area contributed by atoms with E-state index >= 15 is 0 Å². The van der Waals surface area contributed by atoms with Gasteiger partial charge in [0.05, 0.1) is 0 Å². The van der Waals surface area contributed by atoms with E-state index in [2.05, 4.69) is 38.2 Å². The van der Waals surface area contributed by atoms with Gasteiger partial charge in [0.1, 0.15) is 11.3 Å². The van der Waals surface area contributed by atoms with Crippen molar-refractivity contribution in [1.29, 1.82) is 0 Å². The smallest absolute Gasteiger partial charge is 0.180 e. The molecule has 3 heterocycles. The van der Waals surface area contributed by atoms with E-state index < -0.39 is 0 Å². The van der Waals surface area contributed by atoms with Crippen molar-refractivity contribution in [2.45, 2.75) is 19.8 Å². The van der Waals surface area contributed by atoms with Crippen molar-refractivity contribution in [3.05, 3.63) is 24.5 Å². The maximum atomic E-state index is 4.62. The maximum Gasteiger partial charge on any atom is 0.180 e. The number of anilines is 1. The van der Waals surface area contributed by atoms with E-state index in [4.69, 9.17) is 0 Å². The molecule has 1 fully saturated rings. The van der Waals surface area contributed by atoms with Crippen LogP contribution in [-0.2, 0) is 0 Å². The summed E-state index contributed by atoms with van der Waals surface area (Å²) in [5.41, 5.74) is 1.60. The molecule has 2 aromatic rings. The standard InChI is InChI=1S/C15H21N5/c1-2-16-11-12-5-9-20(10-6-12)14-4-3-13-15(19-14)18-8-7-17-13/h3-4,7-8,12,16H,2,5-6,9-11H2,1H3. The lowest BCUT2D eigenvalue weighted by Gasteiger charge is -2.32. The number of fused-ring (bicyclic) bond motifs is 1.